The minimum absolute atomic E-state index is 0.0209. The number of fused-ring (bicyclic) bond motifs is 3. The summed E-state index contributed by atoms with van der Waals surface area (Å²) in [5.41, 5.74) is 0.165. The van der Waals surface area contributed by atoms with Gasteiger partial charge < -0.3 is 0 Å². The highest BCUT2D eigenvalue weighted by molar-refractivity contribution is 6.43. The molecule has 8 nitrogen and oxygen atoms in total. The predicted octanol–water partition coefficient (Wildman–Crippen LogP) is 0.802. The molecule has 1 aromatic carbocycles. The Kier molecular flexibility index (Phi) is 2.24. The van der Waals surface area contributed by atoms with E-state index in [1.54, 1.807) is 0 Å². The van der Waals surface area contributed by atoms with Crippen LogP contribution in [0.1, 0.15) is 15.3 Å². The van der Waals surface area contributed by atoms with E-state index in [1.807, 2.05) is 0 Å². The first-order chi connectivity index (χ1) is 9.41. The van der Waals surface area contributed by atoms with Gasteiger partial charge in [0.1, 0.15) is 5.69 Å². The number of nitro groups is 1. The molecule has 0 N–H and O–H groups in total. The Morgan fingerprint density at radius 2 is 1.75 bits per heavy atom. The first-order valence-electron chi connectivity index (χ1n) is 5.58. The van der Waals surface area contributed by atoms with Crippen LogP contribution in [0.2, 0.25) is 0 Å². The van der Waals surface area contributed by atoms with E-state index in [1.165, 1.54) is 31.3 Å². The molecule has 20 heavy (non-hydrogen) atoms. The third kappa shape index (κ3) is 1.38. The van der Waals surface area contributed by atoms with Crippen LogP contribution in [0, 0.1) is 10.1 Å². The summed E-state index contributed by atoms with van der Waals surface area (Å²) in [6.07, 6.45) is 0. The highest BCUT2D eigenvalue weighted by Crippen LogP contribution is 2.27. The second-order valence-electron chi connectivity index (χ2n) is 4.34. The molecule has 0 radical (unpaired) electrons. The number of nitro benzene ring substituents is 1. The number of non-ortho nitro benzene ring substituents is 1. The van der Waals surface area contributed by atoms with Gasteiger partial charge in [0.25, 0.3) is 11.6 Å². The number of amides is 2. The lowest BCUT2D eigenvalue weighted by Crippen LogP contribution is -2.46. The number of carbonyl (C=O) groups excluding carboxylic acids is 3. The van der Waals surface area contributed by atoms with Crippen molar-refractivity contribution in [1.82, 2.24) is 9.47 Å². The van der Waals surface area contributed by atoms with Crippen LogP contribution in [0.5, 0.6) is 0 Å². The molecule has 3 rings (SSSR count). The van der Waals surface area contributed by atoms with Crippen LogP contribution in [0.4, 0.5) is 5.69 Å². The summed E-state index contributed by atoms with van der Waals surface area (Å²) in [5, 5.41) is 11.1. The number of rotatable bonds is 1. The maximum Gasteiger partial charge on any atom is 0.321 e. The Bertz CT molecular complexity index is 820. The maximum absolute atomic E-state index is 12.0. The standard InChI is InChI=1S/C12H7N3O5/c1-13-10(16)9-5-6-4-7(15(19)20)2-3-8(6)14(9)12(18)11(13)17/h2-5H,1H3. The predicted molar refractivity (Wildman–Crippen MR) is 66.3 cm³/mol. The Morgan fingerprint density at radius 3 is 2.40 bits per heavy atom. The van der Waals surface area contributed by atoms with Crippen molar-refractivity contribution < 1.29 is 19.3 Å². The minimum Gasteiger partial charge on any atom is -0.272 e. The molecule has 0 saturated carbocycles. The first kappa shape index (κ1) is 12.0. The number of imide groups is 1. The van der Waals surface area contributed by atoms with Gasteiger partial charge in [0, 0.05) is 24.6 Å². The van der Waals surface area contributed by atoms with Gasteiger partial charge in [0.15, 0.2) is 0 Å². The fraction of sp³-hybridized carbons (Fsp3) is 0.0833. The van der Waals surface area contributed by atoms with E-state index in [-0.39, 0.29) is 11.4 Å². The quantitative estimate of drug-likeness (QED) is 0.331. The molecule has 100 valence electrons. The second-order valence-corrected chi connectivity index (χ2v) is 4.34. The Morgan fingerprint density at radius 1 is 1.05 bits per heavy atom. The van der Waals surface area contributed by atoms with Crippen molar-refractivity contribution in [3.05, 3.63) is 40.1 Å². The van der Waals surface area contributed by atoms with Crippen molar-refractivity contribution >= 4 is 34.3 Å². The number of carbonyl (C=O) groups is 3. The monoisotopic (exact) mass is 273 g/mol. The van der Waals surface area contributed by atoms with Gasteiger partial charge in [0.2, 0.25) is 0 Å². The third-order valence-corrected chi connectivity index (χ3v) is 3.21. The number of hydrogen-bond donors (Lipinski definition) is 0. The van der Waals surface area contributed by atoms with Gasteiger partial charge in [-0.25, -0.2) is 0 Å². The molecule has 0 spiro atoms. The molecule has 0 bridgehead atoms. The molecule has 2 amide bonds. The average Bonchev–Trinajstić information content (AvgIpc) is 2.81. The van der Waals surface area contributed by atoms with Crippen molar-refractivity contribution in [3.8, 4) is 0 Å². The molecule has 0 aliphatic carbocycles. The molecule has 8 heteroatoms. The Hall–Kier alpha value is -3.03. The SMILES string of the molecule is CN1C(=O)C(=O)n2c(cc3cc([N+](=O)[O-])ccc32)C1=O. The molecule has 1 aliphatic rings. The highest BCUT2D eigenvalue weighted by Gasteiger charge is 2.36. The average molecular weight is 273 g/mol. The van der Waals surface area contributed by atoms with Crippen LogP contribution in [0.3, 0.4) is 0 Å². The minimum atomic E-state index is -0.932. The van der Waals surface area contributed by atoms with Crippen molar-refractivity contribution in [2.45, 2.75) is 0 Å². The number of aromatic nitrogens is 1. The van der Waals surface area contributed by atoms with Crippen LogP contribution in [-0.2, 0) is 4.79 Å². The Balaban J connectivity index is 2.34. The van der Waals surface area contributed by atoms with Crippen molar-refractivity contribution in [2.75, 3.05) is 7.05 Å². The molecule has 0 atom stereocenters. The molecule has 2 aromatic rings. The Labute approximate surface area is 111 Å². The van der Waals surface area contributed by atoms with Gasteiger partial charge in [-0.15, -0.1) is 0 Å². The summed E-state index contributed by atoms with van der Waals surface area (Å²) in [6, 6.07) is 5.19. The van der Waals surface area contributed by atoms with E-state index >= 15 is 0 Å². The van der Waals surface area contributed by atoms with Gasteiger partial charge >= 0.3 is 11.8 Å². The van der Waals surface area contributed by atoms with E-state index in [2.05, 4.69) is 0 Å². The number of benzene rings is 1. The smallest absolute Gasteiger partial charge is 0.272 e. The van der Waals surface area contributed by atoms with Crippen LogP contribution in [0.25, 0.3) is 10.9 Å². The fourth-order valence-corrected chi connectivity index (χ4v) is 2.20. The van der Waals surface area contributed by atoms with Gasteiger partial charge in [-0.2, -0.15) is 0 Å². The lowest BCUT2D eigenvalue weighted by Gasteiger charge is -2.21. The van der Waals surface area contributed by atoms with E-state index in [4.69, 9.17) is 0 Å². The molecule has 1 aliphatic heterocycles. The zero-order chi connectivity index (χ0) is 14.6. The van der Waals surface area contributed by atoms with Crippen LogP contribution in [0.15, 0.2) is 24.3 Å². The molecule has 0 unspecified atom stereocenters. The summed E-state index contributed by atoms with van der Waals surface area (Å²) in [4.78, 5) is 46.4. The molecule has 2 heterocycles. The van der Waals surface area contributed by atoms with Crippen molar-refractivity contribution in [1.29, 1.82) is 0 Å². The largest absolute Gasteiger partial charge is 0.321 e. The second kappa shape index (κ2) is 3.73. The summed E-state index contributed by atoms with van der Waals surface area (Å²) in [6.45, 7) is 0. The molecular weight excluding hydrogens is 266 g/mol. The first-order valence-corrected chi connectivity index (χ1v) is 5.58. The van der Waals surface area contributed by atoms with Crippen LogP contribution >= 0.6 is 0 Å². The molecule has 1 aromatic heterocycles. The number of hydrogen-bond acceptors (Lipinski definition) is 5. The van der Waals surface area contributed by atoms with Crippen molar-refractivity contribution in [2.24, 2.45) is 0 Å². The summed E-state index contributed by atoms with van der Waals surface area (Å²) in [5.74, 6) is -2.40. The lowest BCUT2D eigenvalue weighted by molar-refractivity contribution is -0.384. The summed E-state index contributed by atoms with van der Waals surface area (Å²) in [7, 11) is 1.21. The van der Waals surface area contributed by atoms with Crippen molar-refractivity contribution in [3.63, 3.8) is 0 Å². The normalized spacial score (nSPS) is 14.8. The third-order valence-electron chi connectivity index (χ3n) is 3.21. The van der Waals surface area contributed by atoms with E-state index in [0.717, 1.165) is 9.47 Å². The van der Waals surface area contributed by atoms with E-state index in [9.17, 15) is 24.5 Å². The van der Waals surface area contributed by atoms with Crippen LogP contribution < -0.4 is 0 Å². The highest BCUT2D eigenvalue weighted by atomic mass is 16.6. The van der Waals surface area contributed by atoms with Gasteiger partial charge in [-0.3, -0.25) is 34.0 Å². The maximum atomic E-state index is 12.0. The fourth-order valence-electron chi connectivity index (χ4n) is 2.20. The molecule has 0 saturated heterocycles. The van der Waals surface area contributed by atoms with Crippen LogP contribution in [-0.4, -0.2) is 39.2 Å². The zero-order valence-electron chi connectivity index (χ0n) is 10.2. The summed E-state index contributed by atoms with van der Waals surface area (Å²) >= 11 is 0. The van der Waals surface area contributed by atoms with Gasteiger partial charge in [-0.05, 0) is 12.1 Å². The number of likely N-dealkylation sites (N-methyl/N-ethyl adjacent to an activating group) is 1. The molecular formula is C12H7N3O5. The van der Waals surface area contributed by atoms with E-state index in [0.29, 0.717) is 10.9 Å². The zero-order valence-corrected chi connectivity index (χ0v) is 10.2. The summed E-state index contributed by atoms with van der Waals surface area (Å²) < 4.78 is 0.990. The molecule has 0 fully saturated rings. The lowest BCUT2D eigenvalue weighted by atomic mass is 10.2. The number of nitrogens with zero attached hydrogens (tertiary/aromatic N) is 3. The van der Waals surface area contributed by atoms with E-state index < -0.39 is 22.6 Å². The van der Waals surface area contributed by atoms with Gasteiger partial charge in [-0.1, -0.05) is 0 Å². The topological polar surface area (TPSA) is 103 Å². The van der Waals surface area contributed by atoms with Gasteiger partial charge in [0.05, 0.1) is 10.4 Å².